The van der Waals surface area contributed by atoms with Crippen LogP contribution < -0.4 is 9.47 Å². The van der Waals surface area contributed by atoms with E-state index in [1.54, 1.807) is 18.2 Å². The molecule has 3 heterocycles. The van der Waals surface area contributed by atoms with Crippen LogP contribution in [0.5, 0.6) is 11.5 Å². The van der Waals surface area contributed by atoms with Gasteiger partial charge in [-0.1, -0.05) is 18.2 Å². The molecule has 1 unspecified atom stereocenters. The normalized spacial score (nSPS) is 18.1. The zero-order valence-corrected chi connectivity index (χ0v) is 18.0. The lowest BCUT2D eigenvalue weighted by Gasteiger charge is -2.24. The molecule has 2 aromatic heterocycles. The molecule has 1 atom stereocenters. The molecule has 0 aliphatic carbocycles. The number of amides is 1. The van der Waals surface area contributed by atoms with E-state index in [0.717, 1.165) is 9.75 Å². The highest BCUT2D eigenvalue weighted by atomic mass is 32.1. The molecule has 4 rings (SSSR count). The van der Waals surface area contributed by atoms with Crippen molar-refractivity contribution in [1.29, 1.82) is 0 Å². The molecule has 1 aliphatic heterocycles. The first kappa shape index (κ1) is 20.2. The van der Waals surface area contributed by atoms with Crippen molar-refractivity contribution >= 4 is 40.1 Å². The Labute approximate surface area is 181 Å². The van der Waals surface area contributed by atoms with E-state index in [0.29, 0.717) is 11.5 Å². The molecule has 8 heteroatoms. The van der Waals surface area contributed by atoms with Gasteiger partial charge in [-0.05, 0) is 35.0 Å². The Balaban J connectivity index is 1.91. The summed E-state index contributed by atoms with van der Waals surface area (Å²) in [5, 5.41) is 15.1. The molecule has 30 heavy (non-hydrogen) atoms. The van der Waals surface area contributed by atoms with Crippen LogP contribution in [0.3, 0.4) is 0 Å². The van der Waals surface area contributed by atoms with Crippen molar-refractivity contribution in [3.63, 3.8) is 0 Å². The molecule has 154 valence electrons. The second kappa shape index (κ2) is 8.33. The predicted molar refractivity (Wildman–Crippen MR) is 116 cm³/mol. The molecular formula is C22H19NO5S2. The van der Waals surface area contributed by atoms with Crippen LogP contribution in [0.15, 0.2) is 58.8 Å². The van der Waals surface area contributed by atoms with Crippen LogP contribution in [-0.4, -0.2) is 35.9 Å². The van der Waals surface area contributed by atoms with Crippen molar-refractivity contribution in [3.05, 3.63) is 74.1 Å². The Morgan fingerprint density at radius 1 is 1.00 bits per heavy atom. The van der Waals surface area contributed by atoms with Crippen molar-refractivity contribution in [3.8, 4) is 11.5 Å². The third kappa shape index (κ3) is 3.38. The Kier molecular flexibility index (Phi) is 5.61. The summed E-state index contributed by atoms with van der Waals surface area (Å²) in [6.45, 7) is 0.282. The maximum atomic E-state index is 13.1. The second-order valence-electron chi connectivity index (χ2n) is 6.56. The number of hydrogen-bond donors (Lipinski definition) is 1. The lowest BCUT2D eigenvalue weighted by atomic mass is 9.98. The number of thiophene rings is 2. The average molecular weight is 442 g/mol. The van der Waals surface area contributed by atoms with Gasteiger partial charge in [0.25, 0.3) is 11.7 Å². The molecule has 0 spiro atoms. The number of ketones is 1. The van der Waals surface area contributed by atoms with E-state index in [1.807, 2.05) is 35.0 Å². The standard InChI is InChI=1S/C22H19NO5S2/c1-27-14-7-3-8-15(28-2)17(14)20(24)18-19(16-9-5-11-30-16)23(22(26)21(18)25)12-13-6-4-10-29-13/h3-11,19,24H,12H2,1-2H3/b20-18+. The van der Waals surface area contributed by atoms with Gasteiger partial charge in [-0.15, -0.1) is 22.7 Å². The van der Waals surface area contributed by atoms with Crippen LogP contribution in [-0.2, 0) is 16.1 Å². The van der Waals surface area contributed by atoms with E-state index in [2.05, 4.69) is 0 Å². The number of aliphatic hydroxyl groups is 1. The van der Waals surface area contributed by atoms with Crippen LogP contribution in [0.1, 0.15) is 21.4 Å². The minimum atomic E-state index is -0.726. The minimum Gasteiger partial charge on any atom is -0.506 e. The molecule has 0 bridgehead atoms. The van der Waals surface area contributed by atoms with E-state index >= 15 is 0 Å². The number of carbonyl (C=O) groups excluding carboxylic acids is 2. The fourth-order valence-electron chi connectivity index (χ4n) is 3.58. The van der Waals surface area contributed by atoms with Gasteiger partial charge in [-0.2, -0.15) is 0 Å². The Hall–Kier alpha value is -3.10. The molecule has 3 aromatic rings. The minimum absolute atomic E-state index is 0.0295. The van der Waals surface area contributed by atoms with Crippen LogP contribution in [0, 0.1) is 0 Å². The molecule has 6 nitrogen and oxygen atoms in total. The van der Waals surface area contributed by atoms with Crippen LogP contribution >= 0.6 is 22.7 Å². The lowest BCUT2D eigenvalue weighted by molar-refractivity contribution is -0.140. The third-order valence-electron chi connectivity index (χ3n) is 4.92. The van der Waals surface area contributed by atoms with E-state index in [4.69, 9.17) is 9.47 Å². The smallest absolute Gasteiger partial charge is 0.296 e. The average Bonchev–Trinajstić information content (AvgIpc) is 3.51. The summed E-state index contributed by atoms with van der Waals surface area (Å²) >= 11 is 2.94. The summed E-state index contributed by atoms with van der Waals surface area (Å²) in [4.78, 5) is 29.3. The summed E-state index contributed by atoms with van der Waals surface area (Å²) in [5.74, 6) is -0.982. The number of hydrogen-bond acceptors (Lipinski definition) is 7. The number of carbonyl (C=O) groups is 2. The number of aliphatic hydroxyl groups excluding tert-OH is 1. The SMILES string of the molecule is COc1cccc(OC)c1/C(O)=C1\C(=O)C(=O)N(Cc2cccs2)C1c1cccs1. The van der Waals surface area contributed by atoms with Crippen molar-refractivity contribution in [2.75, 3.05) is 14.2 Å². The first-order chi connectivity index (χ1) is 14.6. The first-order valence-corrected chi connectivity index (χ1v) is 10.9. The van der Waals surface area contributed by atoms with E-state index < -0.39 is 17.7 Å². The number of nitrogens with zero attached hydrogens (tertiary/aromatic N) is 1. The Bertz CT molecular complexity index is 1080. The third-order valence-corrected chi connectivity index (χ3v) is 6.71. The van der Waals surface area contributed by atoms with Crippen molar-refractivity contribution < 1.29 is 24.2 Å². The van der Waals surface area contributed by atoms with Gasteiger partial charge in [0.05, 0.1) is 26.3 Å². The number of methoxy groups -OCH3 is 2. The molecular weight excluding hydrogens is 422 g/mol. The van der Waals surface area contributed by atoms with E-state index in [9.17, 15) is 14.7 Å². The summed E-state index contributed by atoms with van der Waals surface area (Å²) in [6, 6.07) is 11.9. The van der Waals surface area contributed by atoms with Crippen molar-refractivity contribution in [2.45, 2.75) is 12.6 Å². The summed E-state index contributed by atoms with van der Waals surface area (Å²) in [5.41, 5.74) is 0.278. The number of Topliss-reactive ketones (excluding diaryl/α,β-unsaturated/α-hetero) is 1. The largest absolute Gasteiger partial charge is 0.506 e. The van der Waals surface area contributed by atoms with Gasteiger partial charge in [0.1, 0.15) is 28.9 Å². The maximum absolute atomic E-state index is 13.1. The van der Waals surface area contributed by atoms with Crippen LogP contribution in [0.25, 0.3) is 5.76 Å². The molecule has 1 aromatic carbocycles. The van der Waals surface area contributed by atoms with Gasteiger partial charge in [0.2, 0.25) is 0 Å². The number of benzene rings is 1. The van der Waals surface area contributed by atoms with Gasteiger partial charge in [0, 0.05) is 9.75 Å². The van der Waals surface area contributed by atoms with Crippen molar-refractivity contribution in [1.82, 2.24) is 4.90 Å². The van der Waals surface area contributed by atoms with Gasteiger partial charge >= 0.3 is 0 Å². The highest BCUT2D eigenvalue weighted by Gasteiger charge is 2.47. The number of likely N-dealkylation sites (tertiary alicyclic amines) is 1. The maximum Gasteiger partial charge on any atom is 0.296 e. The molecule has 1 N–H and O–H groups in total. The summed E-state index contributed by atoms with van der Waals surface area (Å²) in [6.07, 6.45) is 0. The van der Waals surface area contributed by atoms with E-state index in [-0.39, 0.29) is 23.4 Å². The Morgan fingerprint density at radius 2 is 1.67 bits per heavy atom. The summed E-state index contributed by atoms with van der Waals surface area (Å²) in [7, 11) is 2.94. The van der Waals surface area contributed by atoms with E-state index in [1.165, 1.54) is 41.8 Å². The van der Waals surface area contributed by atoms with Gasteiger partial charge in [-0.25, -0.2) is 0 Å². The monoisotopic (exact) mass is 441 g/mol. The highest BCUT2D eigenvalue weighted by Crippen LogP contribution is 2.45. The Morgan fingerprint density at radius 3 is 2.23 bits per heavy atom. The molecule has 1 aliphatic rings. The molecule has 0 radical (unpaired) electrons. The molecule has 1 saturated heterocycles. The fourth-order valence-corrected chi connectivity index (χ4v) is 5.12. The zero-order valence-electron chi connectivity index (χ0n) is 16.3. The second-order valence-corrected chi connectivity index (χ2v) is 8.57. The first-order valence-electron chi connectivity index (χ1n) is 9.12. The van der Waals surface area contributed by atoms with Gasteiger partial charge in [-0.3, -0.25) is 9.59 Å². The van der Waals surface area contributed by atoms with Crippen molar-refractivity contribution in [2.24, 2.45) is 0 Å². The lowest BCUT2D eigenvalue weighted by Crippen LogP contribution is -2.28. The summed E-state index contributed by atoms with van der Waals surface area (Å²) < 4.78 is 10.8. The molecule has 1 fully saturated rings. The number of rotatable bonds is 6. The quantitative estimate of drug-likeness (QED) is 0.348. The topological polar surface area (TPSA) is 76.1 Å². The van der Waals surface area contributed by atoms with Crippen LogP contribution in [0.4, 0.5) is 0 Å². The molecule has 1 amide bonds. The van der Waals surface area contributed by atoms with Gasteiger partial charge < -0.3 is 19.5 Å². The number of ether oxygens (including phenoxy) is 2. The molecule has 0 saturated carbocycles. The zero-order chi connectivity index (χ0) is 21.3. The van der Waals surface area contributed by atoms with Crippen LogP contribution in [0.2, 0.25) is 0 Å². The highest BCUT2D eigenvalue weighted by molar-refractivity contribution is 7.10. The fraction of sp³-hybridized carbons (Fsp3) is 0.182. The van der Waals surface area contributed by atoms with Gasteiger partial charge in [0.15, 0.2) is 0 Å². The predicted octanol–water partition coefficient (Wildman–Crippen LogP) is 4.45.